The lowest BCUT2D eigenvalue weighted by Crippen LogP contribution is -2.22. The highest BCUT2D eigenvalue weighted by molar-refractivity contribution is 5.72. The molecule has 0 aliphatic rings. The molecular formula is C16H14N3O5+. The van der Waals surface area contributed by atoms with Crippen LogP contribution in [0.1, 0.15) is 6.92 Å². The van der Waals surface area contributed by atoms with Gasteiger partial charge in [0.15, 0.2) is 10.6 Å². The van der Waals surface area contributed by atoms with Crippen molar-refractivity contribution >= 4 is 17.0 Å². The molecule has 122 valence electrons. The molecule has 8 heteroatoms. The van der Waals surface area contributed by atoms with Gasteiger partial charge in [-0.1, -0.05) is 17.2 Å². The minimum atomic E-state index is -1.05. The maximum absolute atomic E-state index is 11.9. The van der Waals surface area contributed by atoms with Crippen LogP contribution in [0.4, 0.5) is 0 Å². The molecule has 1 atom stereocenters. The molecule has 2 aromatic carbocycles. The van der Waals surface area contributed by atoms with Gasteiger partial charge < -0.3 is 14.6 Å². The Balaban J connectivity index is 1.79. The van der Waals surface area contributed by atoms with Crippen LogP contribution in [0.2, 0.25) is 0 Å². The quantitative estimate of drug-likeness (QED) is 0.695. The Bertz CT molecular complexity index is 936. The van der Waals surface area contributed by atoms with Gasteiger partial charge in [0.2, 0.25) is 0 Å². The molecule has 0 saturated heterocycles. The van der Waals surface area contributed by atoms with Gasteiger partial charge >= 0.3 is 17.5 Å². The molecule has 0 bridgehead atoms. The lowest BCUT2D eigenvalue weighted by atomic mass is 10.3. The number of ether oxygens (including phenoxy) is 2. The zero-order valence-corrected chi connectivity index (χ0v) is 12.7. The number of para-hydroxylation sites is 2. The molecule has 1 aromatic heterocycles. The first-order chi connectivity index (χ1) is 11.5. The summed E-state index contributed by atoms with van der Waals surface area (Å²) < 4.78 is 11.3. The van der Waals surface area contributed by atoms with Gasteiger partial charge in [-0.15, -0.1) is 0 Å². The van der Waals surface area contributed by atoms with Crippen LogP contribution >= 0.6 is 0 Å². The van der Waals surface area contributed by atoms with Crippen molar-refractivity contribution in [1.82, 2.24) is 10.1 Å². The molecule has 0 amide bonds. The molecule has 3 aromatic rings. The van der Waals surface area contributed by atoms with E-state index in [0.29, 0.717) is 27.1 Å². The number of aromatic amines is 1. The van der Waals surface area contributed by atoms with E-state index in [0.717, 1.165) is 0 Å². The SMILES string of the molecule is CC(Oc1ccc(Oc2nc3ccccc3[n+](=O)[nH]2)cc1)C(=O)O. The molecular weight excluding hydrogens is 314 g/mol. The summed E-state index contributed by atoms with van der Waals surface area (Å²) in [4.78, 5) is 26.9. The van der Waals surface area contributed by atoms with Crippen LogP contribution in [0, 0.1) is 4.91 Å². The zero-order valence-electron chi connectivity index (χ0n) is 12.7. The van der Waals surface area contributed by atoms with Crippen LogP contribution in [0.5, 0.6) is 17.5 Å². The highest BCUT2D eigenvalue weighted by Crippen LogP contribution is 2.22. The molecule has 0 radical (unpaired) electrons. The summed E-state index contributed by atoms with van der Waals surface area (Å²) in [7, 11) is 0. The van der Waals surface area contributed by atoms with E-state index in [2.05, 4.69) is 10.1 Å². The molecule has 0 spiro atoms. The Morgan fingerprint density at radius 2 is 1.83 bits per heavy atom. The molecule has 3 rings (SSSR count). The number of hydrogen-bond donors (Lipinski definition) is 2. The average molecular weight is 328 g/mol. The van der Waals surface area contributed by atoms with E-state index in [1.54, 1.807) is 48.5 Å². The normalized spacial score (nSPS) is 11.9. The van der Waals surface area contributed by atoms with Crippen molar-refractivity contribution in [2.24, 2.45) is 0 Å². The van der Waals surface area contributed by atoms with E-state index >= 15 is 0 Å². The maximum Gasteiger partial charge on any atom is 0.354 e. The molecule has 0 fully saturated rings. The summed E-state index contributed by atoms with van der Waals surface area (Å²) in [6.45, 7) is 1.44. The van der Waals surface area contributed by atoms with Crippen molar-refractivity contribution < 1.29 is 23.9 Å². The Hall–Kier alpha value is -3.42. The van der Waals surface area contributed by atoms with Crippen molar-refractivity contribution in [2.45, 2.75) is 13.0 Å². The number of nitrogens with zero attached hydrogens (tertiary/aromatic N) is 2. The second-order valence-electron chi connectivity index (χ2n) is 4.98. The fourth-order valence-electron chi connectivity index (χ4n) is 2.01. The maximum atomic E-state index is 11.9. The lowest BCUT2D eigenvalue weighted by molar-refractivity contribution is -0.537. The predicted octanol–water partition coefficient (Wildman–Crippen LogP) is 2.12. The van der Waals surface area contributed by atoms with Crippen LogP contribution in [-0.2, 0) is 4.79 Å². The van der Waals surface area contributed by atoms with E-state index in [1.807, 2.05) is 0 Å². The van der Waals surface area contributed by atoms with E-state index in [9.17, 15) is 9.70 Å². The summed E-state index contributed by atoms with van der Waals surface area (Å²) in [5, 5.41) is 11.3. The topological polar surface area (TPSA) is 107 Å². The highest BCUT2D eigenvalue weighted by Gasteiger charge is 2.14. The number of benzene rings is 2. The number of aromatic nitrogens is 3. The van der Waals surface area contributed by atoms with Crippen LogP contribution in [0.3, 0.4) is 0 Å². The van der Waals surface area contributed by atoms with Gasteiger partial charge in [0.25, 0.3) is 0 Å². The van der Waals surface area contributed by atoms with E-state index in [4.69, 9.17) is 14.6 Å². The Kier molecular flexibility index (Phi) is 4.11. The highest BCUT2D eigenvalue weighted by atomic mass is 16.5. The minimum Gasteiger partial charge on any atom is -0.479 e. The Morgan fingerprint density at radius 3 is 2.54 bits per heavy atom. The van der Waals surface area contributed by atoms with Crippen LogP contribution < -0.4 is 14.0 Å². The van der Waals surface area contributed by atoms with Crippen molar-refractivity contribution in [2.75, 3.05) is 0 Å². The van der Waals surface area contributed by atoms with Gasteiger partial charge in [0, 0.05) is 6.07 Å². The number of nitrogens with one attached hydrogen (secondary N) is 1. The predicted molar refractivity (Wildman–Crippen MR) is 83.7 cm³/mol. The van der Waals surface area contributed by atoms with Gasteiger partial charge in [-0.25, -0.2) is 4.79 Å². The van der Waals surface area contributed by atoms with Gasteiger partial charge in [0.1, 0.15) is 17.0 Å². The molecule has 1 unspecified atom stereocenters. The first-order valence-corrected chi connectivity index (χ1v) is 7.12. The van der Waals surface area contributed by atoms with Gasteiger partial charge in [-0.3, -0.25) is 0 Å². The largest absolute Gasteiger partial charge is 0.479 e. The first-order valence-electron chi connectivity index (χ1n) is 7.12. The van der Waals surface area contributed by atoms with Crippen LogP contribution in [0.15, 0.2) is 48.5 Å². The van der Waals surface area contributed by atoms with E-state index in [1.165, 1.54) is 6.92 Å². The number of H-pyrrole nitrogens is 1. The second kappa shape index (κ2) is 6.37. The van der Waals surface area contributed by atoms with Gasteiger partial charge in [-0.2, -0.15) is 4.98 Å². The van der Waals surface area contributed by atoms with Crippen molar-refractivity contribution in [3.8, 4) is 17.5 Å². The summed E-state index contributed by atoms with van der Waals surface area (Å²) in [6, 6.07) is 13.2. The van der Waals surface area contributed by atoms with Crippen molar-refractivity contribution in [3.63, 3.8) is 0 Å². The monoisotopic (exact) mass is 328 g/mol. The molecule has 0 aliphatic heterocycles. The number of fused-ring (bicyclic) bond motifs is 1. The van der Waals surface area contributed by atoms with Crippen molar-refractivity contribution in [3.05, 3.63) is 53.4 Å². The minimum absolute atomic E-state index is 0.0382. The van der Waals surface area contributed by atoms with Crippen LogP contribution in [0.25, 0.3) is 11.0 Å². The van der Waals surface area contributed by atoms with Crippen molar-refractivity contribution in [1.29, 1.82) is 0 Å². The lowest BCUT2D eigenvalue weighted by Gasteiger charge is -2.10. The number of carboxylic acids is 1. The molecule has 2 N–H and O–H groups in total. The zero-order chi connectivity index (χ0) is 17.1. The smallest absolute Gasteiger partial charge is 0.354 e. The second-order valence-corrected chi connectivity index (χ2v) is 4.98. The molecule has 1 heterocycles. The molecule has 0 aliphatic carbocycles. The third-order valence-electron chi connectivity index (χ3n) is 3.22. The van der Waals surface area contributed by atoms with Gasteiger partial charge in [0.05, 0.1) is 4.91 Å². The molecule has 0 saturated carbocycles. The number of carboxylic acid groups (broad SMARTS) is 1. The first kappa shape index (κ1) is 15.5. The summed E-state index contributed by atoms with van der Waals surface area (Å²) in [5.74, 6) is -0.235. The third kappa shape index (κ3) is 3.32. The fourth-order valence-corrected chi connectivity index (χ4v) is 2.01. The summed E-state index contributed by atoms with van der Waals surface area (Å²) in [5.41, 5.74) is 0.896. The standard InChI is InChI=1S/C16H13N3O5/c1-10(15(20)21)23-11-6-8-12(9-7-11)24-16-17-13-4-2-3-5-14(13)19(22)18-16/h2-10H,1H3,(H-,17,18,20,21,22)/p+1. The Labute approximate surface area is 135 Å². The third-order valence-corrected chi connectivity index (χ3v) is 3.22. The summed E-state index contributed by atoms with van der Waals surface area (Å²) >= 11 is 0. The molecule has 24 heavy (non-hydrogen) atoms. The van der Waals surface area contributed by atoms with Crippen LogP contribution in [-0.4, -0.2) is 27.3 Å². The van der Waals surface area contributed by atoms with Gasteiger partial charge in [-0.05, 0) is 37.3 Å². The van der Waals surface area contributed by atoms with E-state index < -0.39 is 12.1 Å². The number of carbonyl (C=O) groups is 1. The number of rotatable bonds is 5. The Morgan fingerprint density at radius 1 is 1.17 bits per heavy atom. The average Bonchev–Trinajstić information content (AvgIpc) is 2.56. The molecule has 8 nitrogen and oxygen atoms in total. The van der Waals surface area contributed by atoms with E-state index in [-0.39, 0.29) is 6.01 Å². The fraction of sp³-hybridized carbons (Fsp3) is 0.125. The number of hydrogen-bond acceptors (Lipinski definition) is 5. The summed E-state index contributed by atoms with van der Waals surface area (Å²) in [6.07, 6.45) is -0.952. The number of aliphatic carboxylic acids is 1.